The molecule has 10 aromatic rings. The maximum atomic E-state index is 3.90. The molecule has 11 rings (SSSR count). The van der Waals surface area contributed by atoms with Crippen molar-refractivity contribution in [3.8, 4) is 16.8 Å². The summed E-state index contributed by atoms with van der Waals surface area (Å²) in [6.07, 6.45) is 0. The minimum absolute atomic E-state index is 0.808. The van der Waals surface area contributed by atoms with Crippen molar-refractivity contribution in [1.29, 1.82) is 0 Å². The molecule has 1 N–H and O–H groups in total. The molecule has 0 bridgehead atoms. The number of aromatic nitrogens is 1. The van der Waals surface area contributed by atoms with Crippen LogP contribution in [0.1, 0.15) is 0 Å². The van der Waals surface area contributed by atoms with E-state index in [0.29, 0.717) is 0 Å². The maximum absolute atomic E-state index is 3.90. The Morgan fingerprint density at radius 3 is 1.53 bits per heavy atom. The predicted octanol–water partition coefficient (Wildman–Crippen LogP) is 12.8. The molecule has 59 heavy (non-hydrogen) atoms. The van der Waals surface area contributed by atoms with Crippen LogP contribution in [0.25, 0.3) is 38.6 Å². The molecule has 5 heteroatoms. The van der Waals surface area contributed by atoms with Gasteiger partial charge in [-0.05, 0) is 102 Å². The topological polar surface area (TPSA) is 23.4 Å². The van der Waals surface area contributed by atoms with Gasteiger partial charge >= 0.3 is 0 Å². The zero-order valence-electron chi connectivity index (χ0n) is 32.4. The Labute approximate surface area is 345 Å². The third-order valence-corrected chi connectivity index (χ3v) is 11.5. The van der Waals surface area contributed by atoms with Crippen LogP contribution in [0.5, 0.6) is 0 Å². The number of nitrogens with zero attached hydrogens (tertiary/aromatic N) is 3. The average Bonchev–Trinajstić information content (AvgIpc) is 3.64. The van der Waals surface area contributed by atoms with Crippen LogP contribution in [0.2, 0.25) is 0 Å². The standard InChI is InChI=1S/C54H39BN4/c1-6-19-38(20-7-1)56-50-36-43(57(39-21-8-2-9-22-39)40-23-10-3-11-24-40)33-34-45(50)48-35-44(58(41-25-12-4-13-26-41)42-27-14-5-15-28-42)37-52-53(48)55-49-31-18-30-47-46-29-16-17-32-51(46)59(52)54(47)49/h1-37,55-56H. The lowest BCUT2D eigenvalue weighted by atomic mass is 9.59. The molecule has 0 atom stereocenters. The Kier molecular flexibility index (Phi) is 8.56. The number of para-hydroxylation sites is 7. The first-order chi connectivity index (χ1) is 29.3. The van der Waals surface area contributed by atoms with Gasteiger partial charge in [0.2, 0.25) is 0 Å². The van der Waals surface area contributed by atoms with Gasteiger partial charge in [-0.15, -0.1) is 0 Å². The highest BCUT2D eigenvalue weighted by Crippen LogP contribution is 2.44. The fourth-order valence-corrected chi connectivity index (χ4v) is 8.96. The van der Waals surface area contributed by atoms with Crippen LogP contribution in [-0.2, 0) is 0 Å². The molecular formula is C54H39BN4. The van der Waals surface area contributed by atoms with Gasteiger partial charge in [-0.2, -0.15) is 0 Å². The summed E-state index contributed by atoms with van der Waals surface area (Å²) in [4.78, 5) is 4.72. The van der Waals surface area contributed by atoms with E-state index in [0.717, 1.165) is 58.3 Å². The van der Waals surface area contributed by atoms with E-state index >= 15 is 0 Å². The largest absolute Gasteiger partial charge is 0.355 e. The van der Waals surface area contributed by atoms with Crippen molar-refractivity contribution in [1.82, 2.24) is 4.57 Å². The molecule has 1 aromatic heterocycles. The maximum Gasteiger partial charge on any atom is 0.198 e. The summed E-state index contributed by atoms with van der Waals surface area (Å²) in [5, 5.41) is 6.46. The number of fused-ring (bicyclic) bond motifs is 5. The van der Waals surface area contributed by atoms with Crippen LogP contribution >= 0.6 is 0 Å². The van der Waals surface area contributed by atoms with Gasteiger partial charge < -0.3 is 19.7 Å². The summed E-state index contributed by atoms with van der Waals surface area (Å²) in [7, 11) is 0.808. The molecule has 0 saturated heterocycles. The Morgan fingerprint density at radius 1 is 0.390 bits per heavy atom. The third-order valence-electron chi connectivity index (χ3n) is 11.5. The van der Waals surface area contributed by atoms with Crippen LogP contribution in [0.3, 0.4) is 0 Å². The van der Waals surface area contributed by atoms with E-state index in [2.05, 4.69) is 244 Å². The summed E-state index contributed by atoms with van der Waals surface area (Å²) in [5.74, 6) is 0. The van der Waals surface area contributed by atoms with Gasteiger partial charge in [-0.1, -0.05) is 139 Å². The fraction of sp³-hybridized carbons (Fsp3) is 0. The first kappa shape index (κ1) is 34.5. The van der Waals surface area contributed by atoms with Gasteiger partial charge in [0, 0.05) is 73.0 Å². The molecule has 0 amide bonds. The number of benzene rings is 9. The predicted molar refractivity (Wildman–Crippen MR) is 252 cm³/mol. The van der Waals surface area contributed by atoms with Crippen LogP contribution in [-0.4, -0.2) is 11.8 Å². The molecule has 0 saturated carbocycles. The van der Waals surface area contributed by atoms with Crippen molar-refractivity contribution in [2.45, 2.75) is 0 Å². The molecule has 0 radical (unpaired) electrons. The van der Waals surface area contributed by atoms with Crippen molar-refractivity contribution in [3.63, 3.8) is 0 Å². The lowest BCUT2D eigenvalue weighted by Gasteiger charge is -2.31. The summed E-state index contributed by atoms with van der Waals surface area (Å²) in [6, 6.07) is 80.6. The highest BCUT2D eigenvalue weighted by Gasteiger charge is 2.28. The van der Waals surface area contributed by atoms with Crippen LogP contribution in [0.15, 0.2) is 224 Å². The number of nitrogens with one attached hydrogen (secondary N) is 1. The van der Waals surface area contributed by atoms with Gasteiger partial charge in [0.1, 0.15) is 0 Å². The van der Waals surface area contributed by atoms with Gasteiger partial charge in [-0.25, -0.2) is 0 Å². The van der Waals surface area contributed by atoms with E-state index < -0.39 is 0 Å². The molecule has 2 heterocycles. The van der Waals surface area contributed by atoms with Crippen molar-refractivity contribution in [2.75, 3.05) is 15.1 Å². The molecule has 1 aliphatic rings. The van der Waals surface area contributed by atoms with Gasteiger partial charge in [0.05, 0.1) is 5.52 Å². The summed E-state index contributed by atoms with van der Waals surface area (Å²) < 4.78 is 2.52. The summed E-state index contributed by atoms with van der Waals surface area (Å²) in [5.41, 5.74) is 17.2. The van der Waals surface area contributed by atoms with E-state index in [1.165, 1.54) is 44.0 Å². The van der Waals surface area contributed by atoms with Crippen molar-refractivity contribution in [3.05, 3.63) is 224 Å². The lowest BCUT2D eigenvalue weighted by Crippen LogP contribution is -2.37. The second-order valence-corrected chi connectivity index (χ2v) is 15.1. The third kappa shape index (κ3) is 6.12. The molecule has 1 aliphatic heterocycles. The quantitative estimate of drug-likeness (QED) is 0.148. The Balaban J connectivity index is 1.21. The fourth-order valence-electron chi connectivity index (χ4n) is 8.96. The van der Waals surface area contributed by atoms with Crippen molar-refractivity contribution in [2.24, 2.45) is 0 Å². The van der Waals surface area contributed by atoms with Gasteiger partial charge in [0.15, 0.2) is 7.28 Å². The molecule has 0 fully saturated rings. The molecule has 9 aromatic carbocycles. The average molecular weight is 755 g/mol. The number of hydrogen-bond acceptors (Lipinski definition) is 3. The first-order valence-corrected chi connectivity index (χ1v) is 20.2. The minimum Gasteiger partial charge on any atom is -0.355 e. The van der Waals surface area contributed by atoms with Crippen LogP contribution < -0.4 is 26.0 Å². The summed E-state index contributed by atoms with van der Waals surface area (Å²) in [6.45, 7) is 0. The second kappa shape index (κ2) is 14.6. The van der Waals surface area contributed by atoms with Crippen molar-refractivity contribution >= 4 is 85.5 Å². The normalized spacial score (nSPS) is 11.5. The van der Waals surface area contributed by atoms with E-state index in [9.17, 15) is 0 Å². The lowest BCUT2D eigenvalue weighted by molar-refractivity contribution is 1.18. The molecular weight excluding hydrogens is 715 g/mol. The Hall–Kier alpha value is -7.76. The second-order valence-electron chi connectivity index (χ2n) is 15.1. The van der Waals surface area contributed by atoms with E-state index in [-0.39, 0.29) is 0 Å². The van der Waals surface area contributed by atoms with E-state index in [1.54, 1.807) is 0 Å². The van der Waals surface area contributed by atoms with E-state index in [4.69, 9.17) is 0 Å². The minimum atomic E-state index is 0.808. The monoisotopic (exact) mass is 754 g/mol. The SMILES string of the molecule is B1c2c(-c3ccc(N(c4ccccc4)c4ccccc4)cc3Nc3ccccc3)cc(N(c3ccccc3)c3ccccc3)cc2-n2c3ccccc3c3cccc1c32. The molecule has 0 spiro atoms. The summed E-state index contributed by atoms with van der Waals surface area (Å²) >= 11 is 0. The van der Waals surface area contributed by atoms with Crippen LogP contribution in [0.4, 0.5) is 45.5 Å². The Morgan fingerprint density at radius 2 is 0.915 bits per heavy atom. The number of hydrogen-bond donors (Lipinski definition) is 1. The molecule has 278 valence electrons. The zero-order valence-corrected chi connectivity index (χ0v) is 32.4. The molecule has 0 unspecified atom stereocenters. The Bertz CT molecular complexity index is 3020. The zero-order chi connectivity index (χ0) is 39.1. The molecule has 0 aliphatic carbocycles. The van der Waals surface area contributed by atoms with Gasteiger partial charge in [0.25, 0.3) is 0 Å². The number of rotatable bonds is 9. The first-order valence-electron chi connectivity index (χ1n) is 20.2. The smallest absolute Gasteiger partial charge is 0.198 e. The number of anilines is 8. The highest BCUT2D eigenvalue weighted by molar-refractivity contribution is 6.73. The highest BCUT2D eigenvalue weighted by atomic mass is 15.2. The van der Waals surface area contributed by atoms with Crippen LogP contribution in [0, 0.1) is 0 Å². The van der Waals surface area contributed by atoms with Gasteiger partial charge in [-0.3, -0.25) is 0 Å². The van der Waals surface area contributed by atoms with Crippen molar-refractivity contribution < 1.29 is 0 Å². The molecule has 4 nitrogen and oxygen atoms in total. The van der Waals surface area contributed by atoms with E-state index in [1.807, 2.05) is 0 Å².